The number of nitrogens with zero attached hydrogens (tertiary/aromatic N) is 1. The lowest BCUT2D eigenvalue weighted by molar-refractivity contribution is 0.175. The normalized spacial score (nSPS) is 28.2. The molecular weight excluding hydrogens is 129 g/mol. The fourth-order valence-electron chi connectivity index (χ4n) is 1.70. The van der Waals surface area contributed by atoms with Gasteiger partial charge in [-0.05, 0) is 33.2 Å². The summed E-state index contributed by atoms with van der Waals surface area (Å²) < 4.78 is 12.3. The molecule has 0 amide bonds. The molecule has 60 valence electrons. The van der Waals surface area contributed by atoms with Crippen molar-refractivity contribution in [2.75, 3.05) is 13.2 Å². The highest BCUT2D eigenvalue weighted by molar-refractivity contribution is 4.80. The third-order valence-electron chi connectivity index (χ3n) is 2.26. The molecule has 0 radical (unpaired) electrons. The van der Waals surface area contributed by atoms with Gasteiger partial charge in [0.1, 0.15) is 6.67 Å². The molecule has 0 aromatic rings. The molecule has 0 aromatic heterocycles. The van der Waals surface area contributed by atoms with Crippen LogP contribution in [0, 0.1) is 0 Å². The van der Waals surface area contributed by atoms with E-state index in [2.05, 4.69) is 18.7 Å². The Balaban J connectivity index is 2.42. The van der Waals surface area contributed by atoms with Crippen molar-refractivity contribution in [3.8, 4) is 0 Å². The first-order valence-electron chi connectivity index (χ1n) is 4.07. The van der Waals surface area contributed by atoms with Crippen LogP contribution in [0.1, 0.15) is 26.7 Å². The van der Waals surface area contributed by atoms with Gasteiger partial charge in [-0.25, -0.2) is 4.39 Å². The summed E-state index contributed by atoms with van der Waals surface area (Å²) in [6.07, 6.45) is 2.22. The Bertz CT molecular complexity index is 103. The number of rotatable bonds is 2. The first-order chi connectivity index (χ1) is 4.75. The highest BCUT2D eigenvalue weighted by Crippen LogP contribution is 2.19. The van der Waals surface area contributed by atoms with Crippen LogP contribution in [0.5, 0.6) is 0 Å². The van der Waals surface area contributed by atoms with Crippen molar-refractivity contribution in [1.82, 2.24) is 4.90 Å². The first-order valence-corrected chi connectivity index (χ1v) is 4.07. The Kier molecular flexibility index (Phi) is 2.66. The SMILES string of the molecule is CC(C)N1CCCC1CF. The van der Waals surface area contributed by atoms with Gasteiger partial charge >= 0.3 is 0 Å². The van der Waals surface area contributed by atoms with E-state index >= 15 is 0 Å². The molecule has 0 aromatic carbocycles. The minimum absolute atomic E-state index is 0.168. The summed E-state index contributed by atoms with van der Waals surface area (Å²) in [6.45, 7) is 5.19. The van der Waals surface area contributed by atoms with Gasteiger partial charge in [0.15, 0.2) is 0 Å². The van der Waals surface area contributed by atoms with E-state index in [0.29, 0.717) is 6.04 Å². The third kappa shape index (κ3) is 1.48. The Hall–Kier alpha value is -0.110. The van der Waals surface area contributed by atoms with Gasteiger partial charge in [-0.1, -0.05) is 0 Å². The fourth-order valence-corrected chi connectivity index (χ4v) is 1.70. The fraction of sp³-hybridized carbons (Fsp3) is 1.00. The molecule has 1 aliphatic heterocycles. The van der Waals surface area contributed by atoms with Gasteiger partial charge in [-0.3, -0.25) is 4.90 Å². The van der Waals surface area contributed by atoms with Gasteiger partial charge in [0, 0.05) is 12.1 Å². The van der Waals surface area contributed by atoms with Crippen LogP contribution >= 0.6 is 0 Å². The molecule has 2 heteroatoms. The van der Waals surface area contributed by atoms with Crippen molar-refractivity contribution < 1.29 is 4.39 Å². The standard InChI is InChI=1S/C8H16FN/c1-7(2)10-5-3-4-8(10)6-9/h7-8H,3-6H2,1-2H3. The average molecular weight is 145 g/mol. The van der Waals surface area contributed by atoms with Crippen LogP contribution in [0.2, 0.25) is 0 Å². The number of halogens is 1. The van der Waals surface area contributed by atoms with Crippen LogP contribution in [-0.4, -0.2) is 30.2 Å². The zero-order valence-corrected chi connectivity index (χ0v) is 6.81. The third-order valence-corrected chi connectivity index (χ3v) is 2.26. The minimum atomic E-state index is -0.168. The Morgan fingerprint density at radius 2 is 2.30 bits per heavy atom. The maximum Gasteiger partial charge on any atom is 0.105 e. The van der Waals surface area contributed by atoms with E-state index in [1.54, 1.807) is 0 Å². The van der Waals surface area contributed by atoms with E-state index in [-0.39, 0.29) is 12.7 Å². The van der Waals surface area contributed by atoms with Gasteiger partial charge in [0.05, 0.1) is 0 Å². The highest BCUT2D eigenvalue weighted by atomic mass is 19.1. The van der Waals surface area contributed by atoms with E-state index in [4.69, 9.17) is 0 Å². The number of likely N-dealkylation sites (tertiary alicyclic amines) is 1. The lowest BCUT2D eigenvalue weighted by Gasteiger charge is -2.25. The zero-order valence-electron chi connectivity index (χ0n) is 6.81. The van der Waals surface area contributed by atoms with Gasteiger partial charge in [0.2, 0.25) is 0 Å². The number of hydrogen-bond acceptors (Lipinski definition) is 1. The molecule has 1 heterocycles. The summed E-state index contributed by atoms with van der Waals surface area (Å²) in [7, 11) is 0. The lowest BCUT2D eigenvalue weighted by Crippen LogP contribution is -2.36. The maximum atomic E-state index is 12.3. The molecule has 1 atom stereocenters. The molecule has 1 aliphatic rings. The summed E-state index contributed by atoms with van der Waals surface area (Å²) in [5.41, 5.74) is 0. The van der Waals surface area contributed by atoms with Gasteiger partial charge in [-0.2, -0.15) is 0 Å². The molecule has 1 nitrogen and oxygen atoms in total. The Morgan fingerprint density at radius 1 is 1.60 bits per heavy atom. The highest BCUT2D eigenvalue weighted by Gasteiger charge is 2.25. The molecule has 1 fully saturated rings. The molecule has 1 rings (SSSR count). The van der Waals surface area contributed by atoms with Crippen LogP contribution in [0.15, 0.2) is 0 Å². The van der Waals surface area contributed by atoms with Crippen molar-refractivity contribution >= 4 is 0 Å². The lowest BCUT2D eigenvalue weighted by atomic mass is 10.2. The summed E-state index contributed by atoms with van der Waals surface area (Å²) >= 11 is 0. The van der Waals surface area contributed by atoms with Crippen LogP contribution in [0.4, 0.5) is 4.39 Å². The number of alkyl halides is 1. The number of hydrogen-bond donors (Lipinski definition) is 0. The Labute approximate surface area is 62.2 Å². The van der Waals surface area contributed by atoms with E-state index in [1.807, 2.05) is 0 Å². The second kappa shape index (κ2) is 3.33. The molecule has 0 aliphatic carbocycles. The molecule has 0 N–H and O–H groups in total. The predicted molar refractivity (Wildman–Crippen MR) is 40.8 cm³/mol. The van der Waals surface area contributed by atoms with Gasteiger partial charge < -0.3 is 0 Å². The summed E-state index contributed by atoms with van der Waals surface area (Å²) in [6, 6.07) is 0.739. The van der Waals surface area contributed by atoms with E-state index in [9.17, 15) is 4.39 Å². The van der Waals surface area contributed by atoms with Crippen LogP contribution in [0.3, 0.4) is 0 Å². The smallest absolute Gasteiger partial charge is 0.105 e. The van der Waals surface area contributed by atoms with Crippen molar-refractivity contribution in [2.24, 2.45) is 0 Å². The Morgan fingerprint density at radius 3 is 2.70 bits per heavy atom. The summed E-state index contributed by atoms with van der Waals surface area (Å²) in [5, 5.41) is 0. The minimum Gasteiger partial charge on any atom is -0.295 e. The summed E-state index contributed by atoms with van der Waals surface area (Å²) in [5.74, 6) is 0. The molecule has 1 unspecified atom stereocenters. The zero-order chi connectivity index (χ0) is 7.56. The monoisotopic (exact) mass is 145 g/mol. The van der Waals surface area contributed by atoms with Crippen molar-refractivity contribution in [3.05, 3.63) is 0 Å². The molecule has 0 spiro atoms. The van der Waals surface area contributed by atoms with Crippen LogP contribution < -0.4 is 0 Å². The van der Waals surface area contributed by atoms with Crippen molar-refractivity contribution in [1.29, 1.82) is 0 Å². The van der Waals surface area contributed by atoms with Gasteiger partial charge in [0.25, 0.3) is 0 Å². The average Bonchev–Trinajstić information content (AvgIpc) is 2.33. The van der Waals surface area contributed by atoms with Crippen molar-refractivity contribution in [2.45, 2.75) is 38.8 Å². The molecule has 0 saturated carbocycles. The first kappa shape index (κ1) is 7.99. The van der Waals surface area contributed by atoms with E-state index in [1.165, 1.54) is 6.42 Å². The van der Waals surface area contributed by atoms with E-state index < -0.39 is 0 Å². The van der Waals surface area contributed by atoms with Crippen LogP contribution in [-0.2, 0) is 0 Å². The van der Waals surface area contributed by atoms with E-state index in [0.717, 1.165) is 13.0 Å². The molecule has 1 saturated heterocycles. The van der Waals surface area contributed by atoms with Crippen LogP contribution in [0.25, 0.3) is 0 Å². The molecular formula is C8H16FN. The largest absolute Gasteiger partial charge is 0.295 e. The summed E-state index contributed by atoms with van der Waals surface area (Å²) in [4.78, 5) is 2.25. The second-order valence-electron chi connectivity index (χ2n) is 3.28. The molecule has 10 heavy (non-hydrogen) atoms. The van der Waals surface area contributed by atoms with Gasteiger partial charge in [-0.15, -0.1) is 0 Å². The quantitative estimate of drug-likeness (QED) is 0.573. The van der Waals surface area contributed by atoms with Crippen molar-refractivity contribution in [3.63, 3.8) is 0 Å². The topological polar surface area (TPSA) is 3.24 Å². The molecule has 0 bridgehead atoms. The maximum absolute atomic E-state index is 12.3. The predicted octanol–water partition coefficient (Wildman–Crippen LogP) is 1.83. The second-order valence-corrected chi connectivity index (χ2v) is 3.28.